The van der Waals surface area contributed by atoms with E-state index in [-0.39, 0.29) is 0 Å². The summed E-state index contributed by atoms with van der Waals surface area (Å²) in [5.74, 6) is 2.47. The molecule has 0 unspecified atom stereocenters. The number of hydrogen-bond acceptors (Lipinski definition) is 1. The van der Waals surface area contributed by atoms with Crippen LogP contribution in [0.2, 0.25) is 0 Å². The van der Waals surface area contributed by atoms with E-state index in [0.717, 1.165) is 11.1 Å². The van der Waals surface area contributed by atoms with Crippen molar-refractivity contribution in [1.29, 1.82) is 0 Å². The average Bonchev–Trinajstić information content (AvgIpc) is 1.88. The molecule has 0 aliphatic rings. The second-order valence-corrected chi connectivity index (χ2v) is 1.73. The Morgan fingerprint density at radius 3 is 2.78 bits per heavy atom. The summed E-state index contributed by atoms with van der Waals surface area (Å²) in [6, 6.07) is 1.81. The summed E-state index contributed by atoms with van der Waals surface area (Å²) in [5, 5.41) is 0. The van der Waals surface area contributed by atoms with Gasteiger partial charge in [-0.15, -0.1) is 6.42 Å². The van der Waals surface area contributed by atoms with Crippen LogP contribution in [0, 0.1) is 19.3 Å². The van der Waals surface area contributed by atoms with Gasteiger partial charge < -0.3 is 0 Å². The van der Waals surface area contributed by atoms with Crippen LogP contribution in [0.5, 0.6) is 0 Å². The van der Waals surface area contributed by atoms with Gasteiger partial charge >= 0.3 is 0 Å². The summed E-state index contributed by atoms with van der Waals surface area (Å²) in [5.41, 5.74) is 1.63. The highest BCUT2D eigenvalue weighted by molar-refractivity contribution is 5.32. The quantitative estimate of drug-likeness (QED) is 0.465. The number of nitrogens with zero attached hydrogens (tertiary/aromatic N) is 1. The van der Waals surface area contributed by atoms with Crippen LogP contribution in [0.4, 0.5) is 0 Å². The van der Waals surface area contributed by atoms with Crippen LogP contribution in [0.25, 0.3) is 0 Å². The summed E-state index contributed by atoms with van der Waals surface area (Å²) in [6.45, 7) is 3.67. The van der Waals surface area contributed by atoms with Crippen molar-refractivity contribution in [3.8, 4) is 12.3 Å². The maximum absolute atomic E-state index is 5.10. The lowest BCUT2D eigenvalue weighted by Gasteiger charge is -1.89. The molecule has 9 heavy (non-hydrogen) atoms. The molecule has 1 heterocycles. The number of terminal acetylenes is 1. The Bertz CT molecular complexity index is 245. The van der Waals surface area contributed by atoms with Crippen molar-refractivity contribution in [2.75, 3.05) is 0 Å². The first kappa shape index (κ1) is 5.84. The topological polar surface area (TPSA) is 12.9 Å². The Balaban J connectivity index is 3.12. The lowest BCUT2D eigenvalue weighted by molar-refractivity contribution is 1.29. The standard InChI is InChI=1S/C8H6N/c1-3-8-4-7(2)5-9-6-8/h1,4-6H,2H2. The van der Waals surface area contributed by atoms with Gasteiger partial charge in [0.15, 0.2) is 0 Å². The molecular formula is C8H6N. The van der Waals surface area contributed by atoms with Gasteiger partial charge in [0.25, 0.3) is 0 Å². The van der Waals surface area contributed by atoms with Crippen molar-refractivity contribution in [2.24, 2.45) is 0 Å². The summed E-state index contributed by atoms with van der Waals surface area (Å²) < 4.78 is 0. The SMILES string of the molecule is C#Cc1cncc([CH2])c1. The zero-order chi connectivity index (χ0) is 6.69. The molecule has 0 bridgehead atoms. The molecule has 1 radical (unpaired) electrons. The Hall–Kier alpha value is -1.29. The molecule has 1 aromatic heterocycles. The minimum absolute atomic E-state index is 0.780. The van der Waals surface area contributed by atoms with Gasteiger partial charge in [-0.25, -0.2) is 0 Å². The van der Waals surface area contributed by atoms with E-state index in [2.05, 4.69) is 17.8 Å². The van der Waals surface area contributed by atoms with Crippen molar-refractivity contribution >= 4 is 0 Å². The van der Waals surface area contributed by atoms with E-state index in [1.54, 1.807) is 12.4 Å². The largest absolute Gasteiger partial charge is 0.263 e. The molecule has 0 amide bonds. The number of pyridine rings is 1. The van der Waals surface area contributed by atoms with Gasteiger partial charge in [0.1, 0.15) is 0 Å². The molecule has 1 nitrogen and oxygen atoms in total. The third kappa shape index (κ3) is 1.30. The first-order valence-corrected chi connectivity index (χ1v) is 2.56. The van der Waals surface area contributed by atoms with Crippen molar-refractivity contribution in [1.82, 2.24) is 4.98 Å². The predicted molar refractivity (Wildman–Crippen MR) is 36.6 cm³/mol. The van der Waals surface area contributed by atoms with Crippen molar-refractivity contribution < 1.29 is 0 Å². The van der Waals surface area contributed by atoms with E-state index < -0.39 is 0 Å². The highest BCUT2D eigenvalue weighted by Gasteiger charge is 1.85. The maximum atomic E-state index is 5.10. The lowest BCUT2D eigenvalue weighted by Crippen LogP contribution is -1.78. The highest BCUT2D eigenvalue weighted by atomic mass is 14.6. The van der Waals surface area contributed by atoms with E-state index >= 15 is 0 Å². The molecule has 0 saturated heterocycles. The van der Waals surface area contributed by atoms with Crippen LogP contribution >= 0.6 is 0 Å². The molecule has 0 aliphatic heterocycles. The second kappa shape index (κ2) is 2.32. The Morgan fingerprint density at radius 1 is 1.56 bits per heavy atom. The van der Waals surface area contributed by atoms with Crippen molar-refractivity contribution in [3.05, 3.63) is 36.5 Å². The molecule has 1 aromatic rings. The van der Waals surface area contributed by atoms with Crippen molar-refractivity contribution in [3.63, 3.8) is 0 Å². The molecule has 1 heteroatoms. The van der Waals surface area contributed by atoms with Gasteiger partial charge in [-0.3, -0.25) is 4.98 Å². The second-order valence-electron chi connectivity index (χ2n) is 1.73. The summed E-state index contributed by atoms with van der Waals surface area (Å²) in [6.07, 6.45) is 8.40. The molecular weight excluding hydrogens is 110 g/mol. The molecule has 0 atom stereocenters. The van der Waals surface area contributed by atoms with Gasteiger partial charge in [-0.05, 0) is 18.6 Å². The molecule has 0 spiro atoms. The van der Waals surface area contributed by atoms with Gasteiger partial charge in [0.05, 0.1) is 0 Å². The van der Waals surface area contributed by atoms with Gasteiger partial charge in [0.2, 0.25) is 0 Å². The number of aromatic nitrogens is 1. The maximum Gasteiger partial charge on any atom is 0.0428 e. The van der Waals surface area contributed by atoms with E-state index in [1.165, 1.54) is 0 Å². The molecule has 0 saturated carbocycles. The van der Waals surface area contributed by atoms with Gasteiger partial charge in [-0.1, -0.05) is 5.92 Å². The van der Waals surface area contributed by atoms with Crippen LogP contribution in [0.3, 0.4) is 0 Å². The molecule has 1 rings (SSSR count). The fourth-order valence-corrected chi connectivity index (χ4v) is 0.567. The third-order valence-corrected chi connectivity index (χ3v) is 0.962. The molecule has 0 aromatic carbocycles. The summed E-state index contributed by atoms with van der Waals surface area (Å²) in [4.78, 5) is 3.85. The normalized spacial score (nSPS) is 8.44. The fourth-order valence-electron chi connectivity index (χ4n) is 0.567. The fraction of sp³-hybridized carbons (Fsp3) is 0. The van der Waals surface area contributed by atoms with Crippen LogP contribution < -0.4 is 0 Å². The zero-order valence-electron chi connectivity index (χ0n) is 4.96. The minimum atomic E-state index is 0.780. The molecule has 43 valence electrons. The first-order valence-electron chi connectivity index (χ1n) is 2.56. The van der Waals surface area contributed by atoms with Gasteiger partial charge in [0, 0.05) is 18.0 Å². The van der Waals surface area contributed by atoms with Crippen LogP contribution in [0.1, 0.15) is 11.1 Å². The Morgan fingerprint density at radius 2 is 2.33 bits per heavy atom. The number of hydrogen-bond donors (Lipinski definition) is 0. The Labute approximate surface area is 54.7 Å². The first-order chi connectivity index (χ1) is 4.33. The summed E-state index contributed by atoms with van der Waals surface area (Å²) in [7, 11) is 0. The van der Waals surface area contributed by atoms with E-state index in [9.17, 15) is 0 Å². The summed E-state index contributed by atoms with van der Waals surface area (Å²) >= 11 is 0. The lowest BCUT2D eigenvalue weighted by atomic mass is 10.2. The third-order valence-electron chi connectivity index (χ3n) is 0.962. The monoisotopic (exact) mass is 116 g/mol. The van der Waals surface area contributed by atoms with E-state index in [0.29, 0.717) is 0 Å². The smallest absolute Gasteiger partial charge is 0.0428 e. The van der Waals surface area contributed by atoms with Gasteiger partial charge in [-0.2, -0.15) is 0 Å². The van der Waals surface area contributed by atoms with Crippen LogP contribution in [0.15, 0.2) is 18.5 Å². The predicted octanol–water partition coefficient (Wildman–Crippen LogP) is 1.25. The van der Waals surface area contributed by atoms with E-state index in [1.807, 2.05) is 6.07 Å². The molecule has 0 fully saturated rings. The average molecular weight is 116 g/mol. The van der Waals surface area contributed by atoms with Crippen molar-refractivity contribution in [2.45, 2.75) is 0 Å². The highest BCUT2D eigenvalue weighted by Crippen LogP contribution is 1.97. The van der Waals surface area contributed by atoms with Crippen LogP contribution in [-0.4, -0.2) is 4.98 Å². The zero-order valence-corrected chi connectivity index (χ0v) is 4.96. The van der Waals surface area contributed by atoms with Crippen LogP contribution in [-0.2, 0) is 0 Å². The minimum Gasteiger partial charge on any atom is -0.263 e. The molecule has 0 aliphatic carbocycles. The Kier molecular flexibility index (Phi) is 1.51. The number of rotatable bonds is 0. The van der Waals surface area contributed by atoms with E-state index in [4.69, 9.17) is 6.42 Å². The molecule has 0 N–H and O–H groups in total.